The number of fused-ring (bicyclic) bond motifs is 1. The van der Waals surface area contributed by atoms with E-state index in [0.29, 0.717) is 11.5 Å². The zero-order valence-corrected chi connectivity index (χ0v) is 15.5. The van der Waals surface area contributed by atoms with Crippen molar-refractivity contribution in [3.05, 3.63) is 59.4 Å². The van der Waals surface area contributed by atoms with E-state index in [1.54, 1.807) is 12.3 Å². The molecule has 6 nitrogen and oxygen atoms in total. The summed E-state index contributed by atoms with van der Waals surface area (Å²) in [5.41, 5.74) is 5.51. The molecule has 6 heteroatoms. The highest BCUT2D eigenvalue weighted by atomic mass is 15.1. The van der Waals surface area contributed by atoms with Crippen LogP contribution in [0.3, 0.4) is 0 Å². The van der Waals surface area contributed by atoms with E-state index in [9.17, 15) is 0 Å². The summed E-state index contributed by atoms with van der Waals surface area (Å²) < 4.78 is 0. The van der Waals surface area contributed by atoms with Crippen LogP contribution in [0.2, 0.25) is 0 Å². The van der Waals surface area contributed by atoms with Crippen LogP contribution < -0.4 is 10.6 Å². The van der Waals surface area contributed by atoms with E-state index in [1.807, 2.05) is 31.3 Å². The van der Waals surface area contributed by atoms with Crippen molar-refractivity contribution < 1.29 is 0 Å². The van der Waals surface area contributed by atoms with Gasteiger partial charge in [0.25, 0.3) is 0 Å². The molecule has 0 unspecified atom stereocenters. The van der Waals surface area contributed by atoms with Crippen LogP contribution in [0.5, 0.6) is 0 Å². The van der Waals surface area contributed by atoms with Crippen molar-refractivity contribution in [1.82, 2.24) is 15.0 Å². The van der Waals surface area contributed by atoms with Crippen molar-refractivity contribution in [3.63, 3.8) is 0 Å². The molecule has 2 aromatic heterocycles. The van der Waals surface area contributed by atoms with E-state index < -0.39 is 0 Å². The molecule has 27 heavy (non-hydrogen) atoms. The average molecular weight is 356 g/mol. The molecule has 3 aromatic rings. The summed E-state index contributed by atoms with van der Waals surface area (Å²) in [4.78, 5) is 13.5. The van der Waals surface area contributed by atoms with E-state index in [2.05, 4.69) is 51.6 Å². The Morgan fingerprint density at radius 1 is 1.19 bits per heavy atom. The van der Waals surface area contributed by atoms with Gasteiger partial charge in [-0.2, -0.15) is 5.26 Å². The molecule has 0 radical (unpaired) electrons. The summed E-state index contributed by atoms with van der Waals surface area (Å²) in [6, 6.07) is 11.7. The molecule has 1 aromatic carbocycles. The molecule has 3 heterocycles. The summed E-state index contributed by atoms with van der Waals surface area (Å²) in [7, 11) is 0. The molecule has 2 N–H and O–H groups in total. The first-order valence-electron chi connectivity index (χ1n) is 8.82. The van der Waals surface area contributed by atoms with Gasteiger partial charge in [-0.15, -0.1) is 0 Å². The maximum atomic E-state index is 9.00. The minimum Gasteiger partial charge on any atom is -0.369 e. The van der Waals surface area contributed by atoms with Crippen LogP contribution in [-0.4, -0.2) is 21.5 Å². The van der Waals surface area contributed by atoms with Gasteiger partial charge < -0.3 is 10.6 Å². The zero-order valence-electron chi connectivity index (χ0n) is 15.5. The highest BCUT2D eigenvalue weighted by Crippen LogP contribution is 2.36. The predicted molar refractivity (Wildman–Crippen MR) is 106 cm³/mol. The lowest BCUT2D eigenvalue weighted by Gasteiger charge is -2.17. The summed E-state index contributed by atoms with van der Waals surface area (Å²) in [6.45, 7) is 7.25. The minimum atomic E-state index is 0.0477. The Bertz CT molecular complexity index is 1060. The fourth-order valence-corrected chi connectivity index (χ4v) is 3.24. The Hall–Kier alpha value is -3.46. The number of rotatable bonds is 3. The fourth-order valence-electron chi connectivity index (χ4n) is 3.24. The summed E-state index contributed by atoms with van der Waals surface area (Å²) in [5, 5.41) is 15.6. The molecule has 0 spiro atoms. The quantitative estimate of drug-likeness (QED) is 0.732. The van der Waals surface area contributed by atoms with E-state index in [4.69, 9.17) is 5.26 Å². The Morgan fingerprint density at radius 2 is 2.04 bits per heavy atom. The molecule has 1 aliphatic heterocycles. The van der Waals surface area contributed by atoms with Gasteiger partial charge in [-0.05, 0) is 42.8 Å². The van der Waals surface area contributed by atoms with E-state index in [1.165, 1.54) is 5.56 Å². The predicted octanol–water partition coefficient (Wildman–Crippen LogP) is 4.17. The Labute approximate surface area is 158 Å². The highest BCUT2D eigenvalue weighted by molar-refractivity contribution is 5.67. The number of anilines is 3. The van der Waals surface area contributed by atoms with Crippen molar-refractivity contribution in [3.8, 4) is 17.3 Å². The first-order chi connectivity index (χ1) is 13.0. The van der Waals surface area contributed by atoms with Crippen LogP contribution in [0.1, 0.15) is 30.5 Å². The normalized spacial score (nSPS) is 14.1. The molecule has 0 amide bonds. The lowest BCUT2D eigenvalue weighted by molar-refractivity contribution is 0.586. The topological polar surface area (TPSA) is 86.5 Å². The van der Waals surface area contributed by atoms with Crippen molar-refractivity contribution >= 4 is 17.5 Å². The van der Waals surface area contributed by atoms with Gasteiger partial charge in [0.05, 0.1) is 17.3 Å². The Balaban J connectivity index is 1.65. The molecule has 0 fully saturated rings. The van der Waals surface area contributed by atoms with Gasteiger partial charge in [-0.1, -0.05) is 13.8 Å². The Kier molecular flexibility index (Phi) is 4.00. The molecular weight excluding hydrogens is 336 g/mol. The number of benzene rings is 1. The van der Waals surface area contributed by atoms with Crippen molar-refractivity contribution in [2.75, 3.05) is 17.2 Å². The third-order valence-electron chi connectivity index (χ3n) is 4.87. The summed E-state index contributed by atoms with van der Waals surface area (Å²) >= 11 is 0. The van der Waals surface area contributed by atoms with E-state index in [-0.39, 0.29) is 5.41 Å². The van der Waals surface area contributed by atoms with Crippen LogP contribution in [0.4, 0.5) is 17.5 Å². The largest absolute Gasteiger partial charge is 0.369 e. The molecule has 134 valence electrons. The number of nitriles is 1. The third-order valence-corrected chi connectivity index (χ3v) is 4.87. The highest BCUT2D eigenvalue weighted by Gasteiger charge is 2.31. The van der Waals surface area contributed by atoms with Gasteiger partial charge in [-0.3, -0.25) is 0 Å². The fraction of sp³-hybridized carbons (Fsp3) is 0.238. The lowest BCUT2D eigenvalue weighted by Crippen LogP contribution is -2.18. The van der Waals surface area contributed by atoms with Crippen molar-refractivity contribution in [2.45, 2.75) is 26.2 Å². The second-order valence-corrected chi connectivity index (χ2v) is 7.39. The standard InChI is InChI=1S/C21H20N6/c1-13-8-14(10-22)4-5-17(13)26-20-23-7-6-18(27-20)15-9-16-19(24-11-15)25-12-21(16,2)3/h4-9,11H,12H2,1-3H3,(H,24,25)(H,23,26,27). The molecule has 0 aliphatic carbocycles. The summed E-state index contributed by atoms with van der Waals surface area (Å²) in [6.07, 6.45) is 3.58. The van der Waals surface area contributed by atoms with E-state index >= 15 is 0 Å². The number of hydrogen-bond donors (Lipinski definition) is 2. The molecule has 1 aliphatic rings. The summed E-state index contributed by atoms with van der Waals surface area (Å²) in [5.74, 6) is 1.46. The molecular formula is C21H20N6. The number of aryl methyl sites for hydroxylation is 1. The number of nitrogens with zero attached hydrogens (tertiary/aromatic N) is 4. The molecule has 0 saturated heterocycles. The molecule has 0 saturated carbocycles. The van der Waals surface area contributed by atoms with Crippen LogP contribution in [0, 0.1) is 18.3 Å². The number of hydrogen-bond acceptors (Lipinski definition) is 6. The monoisotopic (exact) mass is 356 g/mol. The van der Waals surface area contributed by atoms with Gasteiger partial charge >= 0.3 is 0 Å². The second-order valence-electron chi connectivity index (χ2n) is 7.39. The van der Waals surface area contributed by atoms with E-state index in [0.717, 1.165) is 34.9 Å². The smallest absolute Gasteiger partial charge is 0.227 e. The number of aromatic nitrogens is 3. The van der Waals surface area contributed by atoms with Gasteiger partial charge in [0.1, 0.15) is 5.82 Å². The second kappa shape index (κ2) is 6.36. The van der Waals surface area contributed by atoms with Crippen LogP contribution in [0.25, 0.3) is 11.3 Å². The maximum Gasteiger partial charge on any atom is 0.227 e. The van der Waals surface area contributed by atoms with Crippen molar-refractivity contribution in [2.24, 2.45) is 0 Å². The number of pyridine rings is 1. The molecule has 0 atom stereocenters. The van der Waals surface area contributed by atoms with Gasteiger partial charge in [0.2, 0.25) is 5.95 Å². The zero-order chi connectivity index (χ0) is 19.0. The SMILES string of the molecule is Cc1cc(C#N)ccc1Nc1nccc(-c2cnc3c(c2)C(C)(C)CN3)n1. The first-order valence-corrected chi connectivity index (χ1v) is 8.82. The Morgan fingerprint density at radius 3 is 2.81 bits per heavy atom. The number of nitrogens with one attached hydrogen (secondary N) is 2. The van der Waals surface area contributed by atoms with Gasteiger partial charge in [0, 0.05) is 41.2 Å². The minimum absolute atomic E-state index is 0.0477. The first kappa shape index (κ1) is 17.0. The third kappa shape index (κ3) is 3.20. The maximum absolute atomic E-state index is 9.00. The van der Waals surface area contributed by atoms with Gasteiger partial charge in [0.15, 0.2) is 0 Å². The molecule has 0 bridgehead atoms. The lowest BCUT2D eigenvalue weighted by atomic mass is 9.87. The van der Waals surface area contributed by atoms with Crippen molar-refractivity contribution in [1.29, 1.82) is 5.26 Å². The average Bonchev–Trinajstić information content (AvgIpc) is 2.98. The van der Waals surface area contributed by atoms with Crippen LogP contribution in [0.15, 0.2) is 42.7 Å². The van der Waals surface area contributed by atoms with Crippen LogP contribution >= 0.6 is 0 Å². The van der Waals surface area contributed by atoms with Crippen LogP contribution in [-0.2, 0) is 5.41 Å². The van der Waals surface area contributed by atoms with Gasteiger partial charge in [-0.25, -0.2) is 15.0 Å². The molecule has 4 rings (SSSR count).